The van der Waals surface area contributed by atoms with E-state index >= 15 is 0 Å². The zero-order chi connectivity index (χ0) is 25.7. The molecule has 3 aromatic carbocycles. The zero-order valence-electron chi connectivity index (χ0n) is 21.6. The van der Waals surface area contributed by atoms with Crippen LogP contribution in [0, 0.1) is 20.8 Å². The van der Waals surface area contributed by atoms with Crippen molar-refractivity contribution in [2.24, 2.45) is 0 Å². The van der Waals surface area contributed by atoms with Crippen molar-refractivity contribution >= 4 is 5.69 Å². The van der Waals surface area contributed by atoms with E-state index in [2.05, 4.69) is 60.4 Å². The van der Waals surface area contributed by atoms with Crippen LogP contribution in [0.2, 0.25) is 0 Å². The molecule has 1 atom stereocenters. The first kappa shape index (κ1) is 22.9. The Hall–Kier alpha value is -4.52. The van der Waals surface area contributed by atoms with Gasteiger partial charge in [-0.15, -0.1) is 0 Å². The average molecular weight is 492 g/mol. The summed E-state index contributed by atoms with van der Waals surface area (Å²) < 4.78 is 15.1. The average Bonchev–Trinajstić information content (AvgIpc) is 3.52. The summed E-state index contributed by atoms with van der Waals surface area (Å²) in [6.45, 7) is 6.32. The molecule has 1 aliphatic rings. The largest absolute Gasteiger partial charge is 0.493 e. The Bertz CT molecular complexity index is 1620. The molecule has 1 N–H and O–H groups in total. The monoisotopic (exact) mass is 491 g/mol. The van der Waals surface area contributed by atoms with Crippen LogP contribution < -0.4 is 14.8 Å². The molecular weight excluding hydrogens is 462 g/mol. The Balaban J connectivity index is 1.58. The highest BCUT2D eigenvalue weighted by molar-refractivity contribution is 5.82. The predicted molar refractivity (Wildman–Crippen MR) is 146 cm³/mol. The minimum atomic E-state index is -0.252. The highest BCUT2D eigenvalue weighted by atomic mass is 16.5. The van der Waals surface area contributed by atoms with E-state index in [-0.39, 0.29) is 6.17 Å². The number of benzene rings is 3. The van der Waals surface area contributed by atoms with Crippen molar-refractivity contribution in [3.05, 3.63) is 95.3 Å². The number of hydrogen-bond acceptors (Lipinski definition) is 5. The van der Waals surface area contributed by atoms with E-state index in [9.17, 15) is 0 Å². The number of hydrogen-bond donors (Lipinski definition) is 1. The molecule has 0 amide bonds. The van der Waals surface area contributed by atoms with Crippen molar-refractivity contribution in [2.75, 3.05) is 19.5 Å². The number of nitrogens with zero attached hydrogens (tertiary/aromatic N) is 4. The molecule has 0 fully saturated rings. The van der Waals surface area contributed by atoms with Crippen LogP contribution in [-0.2, 0) is 0 Å². The standard InChI is InChI=1S/C30H29N5O2/c1-18-13-19(2)28-23(14-18)25-15-20(3)32-35(25)30(31-28)24-17-34(22-9-7-6-8-10-22)33-29(24)21-11-12-26(36-4)27(16-21)37-5/h6-17,30-31H,1-5H3. The Morgan fingerprint density at radius 1 is 0.838 bits per heavy atom. The van der Waals surface area contributed by atoms with Crippen LogP contribution in [-0.4, -0.2) is 33.8 Å². The van der Waals surface area contributed by atoms with Gasteiger partial charge in [-0.2, -0.15) is 10.2 Å². The number of nitrogens with one attached hydrogen (secondary N) is 1. The highest BCUT2D eigenvalue weighted by Crippen LogP contribution is 2.43. The first-order valence-corrected chi connectivity index (χ1v) is 12.3. The van der Waals surface area contributed by atoms with E-state index in [0.29, 0.717) is 11.5 Å². The fraction of sp³-hybridized carbons (Fsp3) is 0.200. The van der Waals surface area contributed by atoms with E-state index in [1.807, 2.05) is 48.0 Å². The maximum absolute atomic E-state index is 5.62. The number of anilines is 1. The maximum Gasteiger partial charge on any atom is 0.161 e. The number of rotatable bonds is 5. The molecule has 6 rings (SSSR count). The molecule has 0 radical (unpaired) electrons. The predicted octanol–water partition coefficient (Wildman–Crippen LogP) is 6.32. The van der Waals surface area contributed by atoms with Gasteiger partial charge in [0.15, 0.2) is 17.7 Å². The third-order valence-electron chi connectivity index (χ3n) is 6.85. The van der Waals surface area contributed by atoms with Gasteiger partial charge in [0.25, 0.3) is 0 Å². The smallest absolute Gasteiger partial charge is 0.161 e. The quantitative estimate of drug-likeness (QED) is 0.312. The van der Waals surface area contributed by atoms with E-state index in [1.54, 1.807) is 14.2 Å². The summed E-state index contributed by atoms with van der Waals surface area (Å²) in [6.07, 6.45) is 1.84. The van der Waals surface area contributed by atoms with Gasteiger partial charge >= 0.3 is 0 Å². The molecular formula is C30H29N5O2. The van der Waals surface area contributed by atoms with Crippen molar-refractivity contribution in [1.29, 1.82) is 0 Å². The van der Waals surface area contributed by atoms with Gasteiger partial charge in [-0.25, -0.2) is 9.36 Å². The summed E-state index contributed by atoms with van der Waals surface area (Å²) >= 11 is 0. The van der Waals surface area contributed by atoms with Gasteiger partial charge in [0, 0.05) is 28.6 Å². The minimum absolute atomic E-state index is 0.252. The van der Waals surface area contributed by atoms with Crippen LogP contribution in [0.5, 0.6) is 11.5 Å². The summed E-state index contributed by atoms with van der Waals surface area (Å²) in [7, 11) is 3.29. The Labute approximate surface area is 216 Å². The molecule has 0 saturated carbocycles. The number of methoxy groups -OCH3 is 2. The molecule has 1 unspecified atom stereocenters. The van der Waals surface area contributed by atoms with Gasteiger partial charge in [-0.3, -0.25) is 0 Å². The summed E-state index contributed by atoms with van der Waals surface area (Å²) in [4.78, 5) is 0. The van der Waals surface area contributed by atoms with Gasteiger partial charge in [0.2, 0.25) is 0 Å². The Morgan fingerprint density at radius 2 is 1.62 bits per heavy atom. The van der Waals surface area contributed by atoms with Crippen molar-refractivity contribution in [3.8, 4) is 39.7 Å². The lowest BCUT2D eigenvalue weighted by molar-refractivity contribution is 0.355. The van der Waals surface area contributed by atoms with Gasteiger partial charge in [0.1, 0.15) is 5.69 Å². The van der Waals surface area contributed by atoms with Crippen LogP contribution >= 0.6 is 0 Å². The zero-order valence-corrected chi connectivity index (χ0v) is 21.6. The topological polar surface area (TPSA) is 66.1 Å². The van der Waals surface area contributed by atoms with Crippen molar-refractivity contribution < 1.29 is 9.47 Å². The van der Waals surface area contributed by atoms with Gasteiger partial charge in [-0.1, -0.05) is 29.8 Å². The molecule has 7 nitrogen and oxygen atoms in total. The first-order chi connectivity index (χ1) is 18.0. The van der Waals surface area contributed by atoms with Gasteiger partial charge in [-0.05, 0) is 68.8 Å². The lowest BCUT2D eigenvalue weighted by Crippen LogP contribution is -2.26. The third kappa shape index (κ3) is 3.83. The molecule has 5 aromatic rings. The number of ether oxygens (including phenoxy) is 2. The molecule has 0 aliphatic carbocycles. The Morgan fingerprint density at radius 3 is 2.38 bits per heavy atom. The number of para-hydroxylation sites is 1. The summed E-state index contributed by atoms with van der Waals surface area (Å²) in [6, 6.07) is 22.6. The first-order valence-electron chi connectivity index (χ1n) is 12.3. The maximum atomic E-state index is 5.62. The van der Waals surface area contributed by atoms with Gasteiger partial charge < -0.3 is 14.8 Å². The van der Waals surface area contributed by atoms with E-state index in [0.717, 1.165) is 45.1 Å². The van der Waals surface area contributed by atoms with Crippen LogP contribution in [0.4, 0.5) is 5.69 Å². The summed E-state index contributed by atoms with van der Waals surface area (Å²) in [5, 5.41) is 13.8. The molecule has 186 valence electrons. The van der Waals surface area contributed by atoms with Crippen molar-refractivity contribution in [1.82, 2.24) is 19.6 Å². The van der Waals surface area contributed by atoms with Crippen LogP contribution in [0.3, 0.4) is 0 Å². The van der Waals surface area contributed by atoms with E-state index in [4.69, 9.17) is 19.7 Å². The third-order valence-corrected chi connectivity index (χ3v) is 6.85. The van der Waals surface area contributed by atoms with Crippen molar-refractivity contribution in [3.63, 3.8) is 0 Å². The molecule has 3 heterocycles. The molecule has 0 spiro atoms. The molecule has 1 aliphatic heterocycles. The summed E-state index contributed by atoms with van der Waals surface area (Å²) in [5.74, 6) is 1.33. The van der Waals surface area contributed by atoms with Crippen LogP contribution in [0.1, 0.15) is 28.6 Å². The second kappa shape index (κ2) is 8.85. The highest BCUT2D eigenvalue weighted by Gasteiger charge is 2.31. The van der Waals surface area contributed by atoms with Crippen LogP contribution in [0.25, 0.3) is 28.2 Å². The molecule has 0 saturated heterocycles. The number of aryl methyl sites for hydroxylation is 3. The second-order valence-electron chi connectivity index (χ2n) is 9.45. The summed E-state index contributed by atoms with van der Waals surface area (Å²) in [5.41, 5.74) is 10.5. The Kier molecular flexibility index (Phi) is 5.48. The SMILES string of the molecule is COc1ccc(-c2nn(-c3ccccc3)cc2C2Nc3c(C)cc(C)cc3-c3cc(C)nn32)cc1OC. The normalized spacial score (nSPS) is 14.0. The number of fused-ring (bicyclic) bond motifs is 3. The fourth-order valence-electron chi connectivity index (χ4n) is 5.19. The second-order valence-corrected chi connectivity index (χ2v) is 9.45. The lowest BCUT2D eigenvalue weighted by Gasteiger charge is -2.30. The molecule has 2 aromatic heterocycles. The molecule has 37 heavy (non-hydrogen) atoms. The van der Waals surface area contributed by atoms with E-state index < -0.39 is 0 Å². The lowest BCUT2D eigenvalue weighted by atomic mass is 9.97. The van der Waals surface area contributed by atoms with E-state index in [1.165, 1.54) is 11.1 Å². The fourth-order valence-corrected chi connectivity index (χ4v) is 5.19. The number of aromatic nitrogens is 4. The molecule has 0 bridgehead atoms. The molecule has 7 heteroatoms. The van der Waals surface area contributed by atoms with Gasteiger partial charge in [0.05, 0.1) is 31.3 Å². The minimum Gasteiger partial charge on any atom is -0.493 e. The van der Waals surface area contributed by atoms with Crippen molar-refractivity contribution in [2.45, 2.75) is 26.9 Å². The van der Waals surface area contributed by atoms with Crippen LogP contribution in [0.15, 0.2) is 72.9 Å².